The number of ether oxygens (including phenoxy) is 1. The standard InChI is InChI=1S/C15H12ClFN2O2/c1-21-14-7-4-12(16)8-11(14)9-18-19-15(20)10-2-5-13(17)6-3-10/h2-9H,1H3,(H,19,20)/b18-9-. The summed E-state index contributed by atoms with van der Waals surface area (Å²) in [6.45, 7) is 0. The lowest BCUT2D eigenvalue weighted by atomic mass is 10.2. The van der Waals surface area contributed by atoms with Gasteiger partial charge < -0.3 is 4.74 Å². The van der Waals surface area contributed by atoms with E-state index >= 15 is 0 Å². The molecule has 0 aromatic heterocycles. The van der Waals surface area contributed by atoms with Crippen molar-refractivity contribution in [2.75, 3.05) is 7.11 Å². The second kappa shape index (κ2) is 6.85. The van der Waals surface area contributed by atoms with E-state index < -0.39 is 11.7 Å². The summed E-state index contributed by atoms with van der Waals surface area (Å²) in [4.78, 5) is 11.8. The molecule has 2 rings (SSSR count). The molecule has 21 heavy (non-hydrogen) atoms. The zero-order valence-electron chi connectivity index (χ0n) is 11.1. The van der Waals surface area contributed by atoms with E-state index in [1.807, 2.05) is 0 Å². The van der Waals surface area contributed by atoms with Crippen LogP contribution in [0.15, 0.2) is 47.6 Å². The van der Waals surface area contributed by atoms with E-state index in [9.17, 15) is 9.18 Å². The van der Waals surface area contributed by atoms with Crippen LogP contribution in [0.2, 0.25) is 5.02 Å². The zero-order valence-corrected chi connectivity index (χ0v) is 11.9. The van der Waals surface area contributed by atoms with Gasteiger partial charge in [-0.1, -0.05) is 11.6 Å². The number of halogens is 2. The smallest absolute Gasteiger partial charge is 0.271 e. The lowest BCUT2D eigenvalue weighted by Crippen LogP contribution is -2.17. The molecule has 108 valence electrons. The molecule has 0 saturated carbocycles. The van der Waals surface area contributed by atoms with Gasteiger partial charge in [-0.15, -0.1) is 0 Å². The summed E-state index contributed by atoms with van der Waals surface area (Å²) in [5.41, 5.74) is 3.29. The summed E-state index contributed by atoms with van der Waals surface area (Å²) in [7, 11) is 1.53. The van der Waals surface area contributed by atoms with Crippen LogP contribution in [0, 0.1) is 5.82 Å². The van der Waals surface area contributed by atoms with E-state index in [1.165, 1.54) is 37.6 Å². The first-order chi connectivity index (χ1) is 10.1. The second-order valence-corrected chi connectivity index (χ2v) is 4.53. The maximum absolute atomic E-state index is 12.8. The molecule has 6 heteroatoms. The van der Waals surface area contributed by atoms with Crippen LogP contribution in [0.25, 0.3) is 0 Å². The Balaban J connectivity index is 2.07. The van der Waals surface area contributed by atoms with Gasteiger partial charge in [0, 0.05) is 16.1 Å². The van der Waals surface area contributed by atoms with Gasteiger partial charge in [0.1, 0.15) is 11.6 Å². The molecule has 0 radical (unpaired) electrons. The molecule has 0 spiro atoms. The number of nitrogens with zero attached hydrogens (tertiary/aromatic N) is 1. The third kappa shape index (κ3) is 4.03. The maximum Gasteiger partial charge on any atom is 0.271 e. The topological polar surface area (TPSA) is 50.7 Å². The molecular weight excluding hydrogens is 295 g/mol. The molecule has 0 aliphatic rings. The van der Waals surface area contributed by atoms with Crippen molar-refractivity contribution in [1.82, 2.24) is 5.43 Å². The fraction of sp³-hybridized carbons (Fsp3) is 0.0667. The van der Waals surface area contributed by atoms with Crippen molar-refractivity contribution in [3.8, 4) is 5.75 Å². The predicted octanol–water partition coefficient (Wildman–Crippen LogP) is 3.25. The minimum absolute atomic E-state index is 0.312. The normalized spacial score (nSPS) is 10.6. The third-order valence-corrected chi connectivity index (χ3v) is 2.90. The molecule has 0 aliphatic carbocycles. The molecule has 4 nitrogen and oxygen atoms in total. The fourth-order valence-electron chi connectivity index (χ4n) is 1.63. The van der Waals surface area contributed by atoms with Gasteiger partial charge in [0.2, 0.25) is 0 Å². The molecule has 0 saturated heterocycles. The molecular formula is C15H12ClFN2O2. The molecule has 0 fully saturated rings. The van der Waals surface area contributed by atoms with Gasteiger partial charge in [0.05, 0.1) is 13.3 Å². The van der Waals surface area contributed by atoms with Crippen LogP contribution in [-0.2, 0) is 0 Å². The highest BCUT2D eigenvalue weighted by Gasteiger charge is 2.04. The van der Waals surface area contributed by atoms with Crippen LogP contribution >= 0.6 is 11.6 Å². The lowest BCUT2D eigenvalue weighted by molar-refractivity contribution is 0.0955. The van der Waals surface area contributed by atoms with Crippen molar-refractivity contribution in [3.05, 3.63) is 64.4 Å². The Morgan fingerprint density at radius 1 is 1.29 bits per heavy atom. The first-order valence-electron chi connectivity index (χ1n) is 6.02. The highest BCUT2D eigenvalue weighted by molar-refractivity contribution is 6.30. The quantitative estimate of drug-likeness (QED) is 0.696. The molecule has 1 amide bonds. The Kier molecular flexibility index (Phi) is 4.90. The number of nitrogens with one attached hydrogen (secondary N) is 1. The number of hydrogen-bond donors (Lipinski definition) is 1. The Bertz CT molecular complexity index is 672. The van der Waals surface area contributed by atoms with Crippen molar-refractivity contribution >= 4 is 23.7 Å². The number of rotatable bonds is 4. The second-order valence-electron chi connectivity index (χ2n) is 4.09. The maximum atomic E-state index is 12.8. The molecule has 0 aliphatic heterocycles. The van der Waals surface area contributed by atoms with Crippen molar-refractivity contribution in [2.24, 2.45) is 5.10 Å². The summed E-state index contributed by atoms with van der Waals surface area (Å²) in [6, 6.07) is 10.2. The number of hydrazone groups is 1. The van der Waals surface area contributed by atoms with Crippen molar-refractivity contribution < 1.29 is 13.9 Å². The van der Waals surface area contributed by atoms with Gasteiger partial charge in [0.25, 0.3) is 5.91 Å². The Morgan fingerprint density at radius 3 is 2.67 bits per heavy atom. The van der Waals surface area contributed by atoms with Crippen molar-refractivity contribution in [3.63, 3.8) is 0 Å². The first kappa shape index (κ1) is 15.0. The number of carbonyl (C=O) groups excluding carboxylic acids is 1. The minimum atomic E-state index is -0.438. The van der Waals surface area contributed by atoms with Crippen LogP contribution in [0.4, 0.5) is 4.39 Å². The van der Waals surface area contributed by atoms with Crippen LogP contribution < -0.4 is 10.2 Å². The fourth-order valence-corrected chi connectivity index (χ4v) is 1.81. The average Bonchev–Trinajstić information content (AvgIpc) is 2.48. The van der Waals surface area contributed by atoms with Gasteiger partial charge in [0.15, 0.2) is 0 Å². The highest BCUT2D eigenvalue weighted by atomic mass is 35.5. The third-order valence-electron chi connectivity index (χ3n) is 2.67. The minimum Gasteiger partial charge on any atom is -0.496 e. The van der Waals surface area contributed by atoms with Crippen LogP contribution in [0.1, 0.15) is 15.9 Å². The van der Waals surface area contributed by atoms with Crippen molar-refractivity contribution in [1.29, 1.82) is 0 Å². The molecule has 2 aromatic rings. The molecule has 0 heterocycles. The molecule has 1 N–H and O–H groups in total. The van der Waals surface area contributed by atoms with Crippen LogP contribution in [0.5, 0.6) is 5.75 Å². The number of carbonyl (C=O) groups is 1. The number of hydrogen-bond acceptors (Lipinski definition) is 3. The summed E-state index contributed by atoms with van der Waals surface area (Å²) in [5, 5.41) is 4.36. The summed E-state index contributed by atoms with van der Waals surface area (Å²) in [5.74, 6) is -0.259. The molecule has 2 aromatic carbocycles. The van der Waals surface area contributed by atoms with E-state index in [-0.39, 0.29) is 0 Å². The Morgan fingerprint density at radius 2 is 2.00 bits per heavy atom. The highest BCUT2D eigenvalue weighted by Crippen LogP contribution is 2.20. The van der Waals surface area contributed by atoms with Crippen LogP contribution in [0.3, 0.4) is 0 Å². The zero-order chi connectivity index (χ0) is 15.2. The molecule has 0 unspecified atom stereocenters. The summed E-state index contributed by atoms with van der Waals surface area (Å²) < 4.78 is 17.9. The number of methoxy groups -OCH3 is 1. The number of benzene rings is 2. The van der Waals surface area contributed by atoms with Gasteiger partial charge in [-0.2, -0.15) is 5.10 Å². The Hall–Kier alpha value is -2.40. The first-order valence-corrected chi connectivity index (χ1v) is 6.40. The van der Waals surface area contributed by atoms with E-state index in [0.717, 1.165) is 0 Å². The van der Waals surface area contributed by atoms with E-state index in [4.69, 9.17) is 16.3 Å². The van der Waals surface area contributed by atoms with E-state index in [2.05, 4.69) is 10.5 Å². The molecule has 0 atom stereocenters. The lowest BCUT2D eigenvalue weighted by Gasteiger charge is -2.04. The SMILES string of the molecule is COc1ccc(Cl)cc1/C=N\NC(=O)c1ccc(F)cc1. The van der Waals surface area contributed by atoms with E-state index in [1.54, 1.807) is 18.2 Å². The Labute approximate surface area is 126 Å². The summed E-state index contributed by atoms with van der Waals surface area (Å²) >= 11 is 5.89. The molecule has 0 bridgehead atoms. The van der Waals surface area contributed by atoms with Gasteiger partial charge in [-0.3, -0.25) is 4.79 Å². The summed E-state index contributed by atoms with van der Waals surface area (Å²) in [6.07, 6.45) is 1.42. The van der Waals surface area contributed by atoms with Gasteiger partial charge in [-0.25, -0.2) is 9.82 Å². The average molecular weight is 307 g/mol. The van der Waals surface area contributed by atoms with Gasteiger partial charge in [-0.05, 0) is 42.5 Å². The number of amides is 1. The van der Waals surface area contributed by atoms with Crippen molar-refractivity contribution in [2.45, 2.75) is 0 Å². The monoisotopic (exact) mass is 306 g/mol. The largest absolute Gasteiger partial charge is 0.496 e. The van der Waals surface area contributed by atoms with Crippen LogP contribution in [-0.4, -0.2) is 19.2 Å². The van der Waals surface area contributed by atoms with Gasteiger partial charge >= 0.3 is 0 Å². The van der Waals surface area contributed by atoms with E-state index in [0.29, 0.717) is 21.9 Å². The predicted molar refractivity (Wildman–Crippen MR) is 79.5 cm³/mol.